The number of hydrogen-bond donors (Lipinski definition) is 1. The highest BCUT2D eigenvalue weighted by Crippen LogP contribution is 2.21. The lowest BCUT2D eigenvalue weighted by Gasteiger charge is -2.00. The standard InChI is InChI=1S/C12H8F3N3O2/c13-8-3-6(4-9(14)11(8)15)12-17-10(20-18-12)5-7(19)1-2-16/h3-4,7,19H,1,5H2. The van der Waals surface area contributed by atoms with Gasteiger partial charge >= 0.3 is 0 Å². The van der Waals surface area contributed by atoms with E-state index in [0.29, 0.717) is 0 Å². The highest BCUT2D eigenvalue weighted by atomic mass is 19.2. The summed E-state index contributed by atoms with van der Waals surface area (Å²) >= 11 is 0. The first-order valence-corrected chi connectivity index (χ1v) is 5.53. The molecule has 0 fully saturated rings. The van der Waals surface area contributed by atoms with E-state index in [1.54, 1.807) is 6.07 Å². The number of aliphatic hydroxyl groups excluding tert-OH is 1. The van der Waals surface area contributed by atoms with Gasteiger partial charge in [0.1, 0.15) is 0 Å². The molecule has 8 heteroatoms. The normalized spacial score (nSPS) is 12.2. The lowest BCUT2D eigenvalue weighted by atomic mass is 10.2. The number of aliphatic hydroxyl groups is 1. The molecular formula is C12H8F3N3O2. The fourth-order valence-electron chi connectivity index (χ4n) is 1.52. The Balaban J connectivity index is 2.23. The lowest BCUT2D eigenvalue weighted by molar-refractivity contribution is 0.167. The summed E-state index contributed by atoms with van der Waals surface area (Å²) in [5.74, 6) is -4.44. The summed E-state index contributed by atoms with van der Waals surface area (Å²) < 4.78 is 43.7. The van der Waals surface area contributed by atoms with Crippen LogP contribution in [0.5, 0.6) is 0 Å². The van der Waals surface area contributed by atoms with Crippen LogP contribution in [0.25, 0.3) is 11.4 Å². The average Bonchev–Trinajstić information content (AvgIpc) is 2.84. The SMILES string of the molecule is N#CCC(O)Cc1nc(-c2cc(F)c(F)c(F)c2)no1. The molecule has 0 aliphatic carbocycles. The van der Waals surface area contributed by atoms with Crippen molar-refractivity contribution in [3.05, 3.63) is 35.5 Å². The highest BCUT2D eigenvalue weighted by molar-refractivity contribution is 5.54. The van der Waals surface area contributed by atoms with Crippen LogP contribution in [-0.2, 0) is 6.42 Å². The molecule has 1 aromatic carbocycles. The molecule has 0 bridgehead atoms. The molecule has 20 heavy (non-hydrogen) atoms. The minimum atomic E-state index is -1.58. The molecule has 1 atom stereocenters. The molecule has 0 radical (unpaired) electrons. The number of rotatable bonds is 4. The van der Waals surface area contributed by atoms with Gasteiger partial charge in [0.05, 0.1) is 25.0 Å². The van der Waals surface area contributed by atoms with E-state index in [1.807, 2.05) is 0 Å². The smallest absolute Gasteiger partial charge is 0.229 e. The second-order valence-corrected chi connectivity index (χ2v) is 3.99. The lowest BCUT2D eigenvalue weighted by Crippen LogP contribution is -2.09. The summed E-state index contributed by atoms with van der Waals surface area (Å²) in [7, 11) is 0. The van der Waals surface area contributed by atoms with Gasteiger partial charge in [0.15, 0.2) is 17.5 Å². The van der Waals surface area contributed by atoms with Gasteiger partial charge in [-0.25, -0.2) is 13.2 Å². The number of aromatic nitrogens is 2. The molecule has 104 valence electrons. The Hall–Kier alpha value is -2.40. The predicted octanol–water partition coefficient (Wildman–Crippen LogP) is 1.97. The van der Waals surface area contributed by atoms with E-state index in [0.717, 1.165) is 12.1 Å². The van der Waals surface area contributed by atoms with Crippen LogP contribution in [0.3, 0.4) is 0 Å². The Morgan fingerprint density at radius 2 is 1.95 bits per heavy atom. The fourth-order valence-corrected chi connectivity index (χ4v) is 1.52. The van der Waals surface area contributed by atoms with Crippen LogP contribution >= 0.6 is 0 Å². The first kappa shape index (κ1) is 14.0. The van der Waals surface area contributed by atoms with Crippen molar-refractivity contribution in [1.82, 2.24) is 10.1 Å². The van der Waals surface area contributed by atoms with E-state index in [-0.39, 0.29) is 30.1 Å². The molecule has 1 heterocycles. The second kappa shape index (κ2) is 5.71. The van der Waals surface area contributed by atoms with Crippen LogP contribution in [0.4, 0.5) is 13.2 Å². The van der Waals surface area contributed by atoms with Gasteiger partial charge in [-0.15, -0.1) is 0 Å². The van der Waals surface area contributed by atoms with Crippen LogP contribution in [-0.4, -0.2) is 21.4 Å². The van der Waals surface area contributed by atoms with Crippen LogP contribution in [0, 0.1) is 28.8 Å². The van der Waals surface area contributed by atoms with E-state index in [4.69, 9.17) is 9.78 Å². The Morgan fingerprint density at radius 1 is 1.30 bits per heavy atom. The number of nitriles is 1. The molecule has 0 aliphatic heterocycles. The van der Waals surface area contributed by atoms with Gasteiger partial charge in [-0.1, -0.05) is 5.16 Å². The highest BCUT2D eigenvalue weighted by Gasteiger charge is 2.17. The van der Waals surface area contributed by atoms with Gasteiger partial charge < -0.3 is 9.63 Å². The average molecular weight is 283 g/mol. The maximum atomic E-state index is 13.1. The van der Waals surface area contributed by atoms with Crippen molar-refractivity contribution in [1.29, 1.82) is 5.26 Å². The third-order valence-corrected chi connectivity index (χ3v) is 2.45. The largest absolute Gasteiger partial charge is 0.392 e. The zero-order chi connectivity index (χ0) is 14.7. The van der Waals surface area contributed by atoms with Gasteiger partial charge in [-0.2, -0.15) is 10.2 Å². The first-order valence-electron chi connectivity index (χ1n) is 5.53. The molecule has 0 spiro atoms. The summed E-state index contributed by atoms with van der Waals surface area (Å²) in [5.41, 5.74) is -0.0915. The van der Waals surface area contributed by atoms with Crippen LogP contribution in [0.15, 0.2) is 16.7 Å². The van der Waals surface area contributed by atoms with E-state index < -0.39 is 23.6 Å². The van der Waals surface area contributed by atoms with Crippen molar-refractivity contribution < 1.29 is 22.8 Å². The molecule has 0 saturated heterocycles. The minimum Gasteiger partial charge on any atom is -0.392 e. The molecule has 5 nitrogen and oxygen atoms in total. The summed E-state index contributed by atoms with van der Waals surface area (Å²) in [6.45, 7) is 0. The molecule has 1 N–H and O–H groups in total. The zero-order valence-corrected chi connectivity index (χ0v) is 9.98. The van der Waals surface area contributed by atoms with E-state index in [2.05, 4.69) is 10.1 Å². The van der Waals surface area contributed by atoms with Crippen LogP contribution in [0.2, 0.25) is 0 Å². The molecule has 0 saturated carbocycles. The third kappa shape index (κ3) is 2.95. The molecule has 2 aromatic rings. The topological polar surface area (TPSA) is 82.9 Å². The predicted molar refractivity (Wildman–Crippen MR) is 59.5 cm³/mol. The fraction of sp³-hybridized carbons (Fsp3) is 0.250. The van der Waals surface area contributed by atoms with Crippen LogP contribution < -0.4 is 0 Å². The second-order valence-electron chi connectivity index (χ2n) is 3.99. The summed E-state index contributed by atoms with van der Waals surface area (Å²) in [4.78, 5) is 3.81. The van der Waals surface area contributed by atoms with Crippen molar-refractivity contribution in [3.63, 3.8) is 0 Å². The van der Waals surface area contributed by atoms with Crippen molar-refractivity contribution in [3.8, 4) is 17.5 Å². The number of halogens is 3. The van der Waals surface area contributed by atoms with Gasteiger partial charge in [-0.05, 0) is 12.1 Å². The number of benzene rings is 1. The third-order valence-electron chi connectivity index (χ3n) is 2.45. The van der Waals surface area contributed by atoms with Gasteiger partial charge in [0.2, 0.25) is 11.7 Å². The summed E-state index contributed by atoms with van der Waals surface area (Å²) in [6, 6.07) is 3.24. The molecule has 1 aromatic heterocycles. The van der Waals surface area contributed by atoms with Crippen molar-refractivity contribution >= 4 is 0 Å². The summed E-state index contributed by atoms with van der Waals surface area (Å²) in [6.07, 6.45) is -1.15. The molecule has 0 aliphatic rings. The Morgan fingerprint density at radius 3 is 2.55 bits per heavy atom. The minimum absolute atomic E-state index is 0.00731. The van der Waals surface area contributed by atoms with E-state index in [9.17, 15) is 18.3 Å². The first-order chi connectivity index (χ1) is 9.51. The van der Waals surface area contributed by atoms with Gasteiger partial charge in [-0.3, -0.25) is 0 Å². The Kier molecular flexibility index (Phi) is 4.00. The van der Waals surface area contributed by atoms with Crippen LogP contribution in [0.1, 0.15) is 12.3 Å². The molecular weight excluding hydrogens is 275 g/mol. The summed E-state index contributed by atoms with van der Waals surface area (Å²) in [5, 5.41) is 21.3. The van der Waals surface area contributed by atoms with Gasteiger partial charge in [0.25, 0.3) is 0 Å². The number of nitrogens with zero attached hydrogens (tertiary/aromatic N) is 3. The quantitative estimate of drug-likeness (QED) is 0.867. The van der Waals surface area contributed by atoms with Gasteiger partial charge in [0, 0.05) is 5.56 Å². The molecule has 2 rings (SSSR count). The Labute approximate surface area is 111 Å². The van der Waals surface area contributed by atoms with Crippen molar-refractivity contribution in [2.24, 2.45) is 0 Å². The number of hydrogen-bond acceptors (Lipinski definition) is 5. The van der Waals surface area contributed by atoms with Crippen molar-refractivity contribution in [2.75, 3.05) is 0 Å². The molecule has 1 unspecified atom stereocenters. The maximum Gasteiger partial charge on any atom is 0.229 e. The Bertz CT molecular complexity index is 643. The molecule has 0 amide bonds. The zero-order valence-electron chi connectivity index (χ0n) is 9.98. The van der Waals surface area contributed by atoms with E-state index >= 15 is 0 Å². The monoisotopic (exact) mass is 283 g/mol. The van der Waals surface area contributed by atoms with E-state index in [1.165, 1.54) is 0 Å². The maximum absolute atomic E-state index is 13.1. The van der Waals surface area contributed by atoms with Crippen molar-refractivity contribution in [2.45, 2.75) is 18.9 Å².